The van der Waals surface area contributed by atoms with Crippen LogP contribution in [0.3, 0.4) is 0 Å². The van der Waals surface area contributed by atoms with Crippen molar-refractivity contribution in [2.24, 2.45) is 5.73 Å². The van der Waals surface area contributed by atoms with E-state index in [1.807, 2.05) is 0 Å². The van der Waals surface area contributed by atoms with Gasteiger partial charge in [-0.25, -0.2) is 0 Å². The molecule has 1 saturated heterocycles. The van der Waals surface area contributed by atoms with E-state index in [1.54, 1.807) is 0 Å². The lowest BCUT2D eigenvalue weighted by molar-refractivity contribution is -0.0292. The van der Waals surface area contributed by atoms with Crippen LogP contribution in [0.2, 0.25) is 0 Å². The Morgan fingerprint density at radius 2 is 2.25 bits per heavy atom. The van der Waals surface area contributed by atoms with Gasteiger partial charge < -0.3 is 15.4 Å². The summed E-state index contributed by atoms with van der Waals surface area (Å²) in [4.78, 5) is 2.23. The molecule has 0 aromatic carbocycles. The molecule has 0 amide bonds. The lowest BCUT2D eigenvalue weighted by Gasteiger charge is -2.28. The third-order valence-corrected chi connectivity index (χ3v) is 3.31. The van der Waals surface area contributed by atoms with Gasteiger partial charge in [0.2, 0.25) is 0 Å². The largest absolute Gasteiger partial charge is 0.388 e. The van der Waals surface area contributed by atoms with Crippen LogP contribution in [0.25, 0.3) is 0 Å². The summed E-state index contributed by atoms with van der Waals surface area (Å²) in [5.74, 6) is 0.257. The Morgan fingerprint density at radius 3 is 2.69 bits per heavy atom. The van der Waals surface area contributed by atoms with Crippen molar-refractivity contribution in [1.29, 1.82) is 5.41 Å². The first-order valence-electron chi connectivity index (χ1n) is 6.01. The first kappa shape index (κ1) is 13.5. The molecular formula is C12H25N3O. The molecule has 3 N–H and O–H groups in total. The number of ether oxygens (including phenoxy) is 1. The average molecular weight is 227 g/mol. The van der Waals surface area contributed by atoms with E-state index in [2.05, 4.69) is 32.7 Å². The Labute approximate surface area is 98.6 Å². The minimum atomic E-state index is 0.0370. The van der Waals surface area contributed by atoms with E-state index in [0.717, 1.165) is 19.4 Å². The normalized spacial score (nSPS) is 25.9. The van der Waals surface area contributed by atoms with Crippen molar-refractivity contribution in [3.05, 3.63) is 0 Å². The molecule has 0 aliphatic carbocycles. The fourth-order valence-electron chi connectivity index (χ4n) is 2.18. The molecule has 1 rings (SSSR count). The van der Waals surface area contributed by atoms with E-state index in [1.165, 1.54) is 0 Å². The van der Waals surface area contributed by atoms with Crippen LogP contribution in [-0.2, 0) is 4.74 Å². The third-order valence-electron chi connectivity index (χ3n) is 3.31. The molecule has 1 aliphatic heterocycles. The first-order valence-corrected chi connectivity index (χ1v) is 6.01. The van der Waals surface area contributed by atoms with Crippen LogP contribution >= 0.6 is 0 Å². The van der Waals surface area contributed by atoms with Crippen LogP contribution in [-0.4, -0.2) is 42.1 Å². The van der Waals surface area contributed by atoms with Crippen molar-refractivity contribution in [3.63, 3.8) is 0 Å². The maximum atomic E-state index is 7.29. The highest BCUT2D eigenvalue weighted by Gasteiger charge is 2.32. The highest BCUT2D eigenvalue weighted by molar-refractivity contribution is 5.77. The van der Waals surface area contributed by atoms with Gasteiger partial charge in [-0.1, -0.05) is 0 Å². The molecule has 0 spiro atoms. The van der Waals surface area contributed by atoms with Crippen molar-refractivity contribution < 1.29 is 4.74 Å². The van der Waals surface area contributed by atoms with Crippen LogP contribution in [0, 0.1) is 5.41 Å². The molecule has 16 heavy (non-hydrogen) atoms. The summed E-state index contributed by atoms with van der Waals surface area (Å²) in [5, 5.41) is 7.29. The van der Waals surface area contributed by atoms with Crippen LogP contribution in [0.4, 0.5) is 0 Å². The number of amidine groups is 1. The molecule has 0 radical (unpaired) electrons. The van der Waals surface area contributed by atoms with Crippen LogP contribution in [0.15, 0.2) is 0 Å². The Kier molecular flexibility index (Phi) is 4.33. The summed E-state index contributed by atoms with van der Waals surface area (Å²) in [6, 6.07) is 0.310. The highest BCUT2D eigenvalue weighted by Crippen LogP contribution is 2.29. The van der Waals surface area contributed by atoms with E-state index in [4.69, 9.17) is 15.9 Å². The summed E-state index contributed by atoms with van der Waals surface area (Å²) >= 11 is 0. The van der Waals surface area contributed by atoms with Crippen molar-refractivity contribution in [2.75, 3.05) is 13.6 Å². The van der Waals surface area contributed by atoms with E-state index in [-0.39, 0.29) is 11.4 Å². The number of likely N-dealkylation sites (N-methyl/N-ethyl adjacent to an activating group) is 1. The smallest absolute Gasteiger partial charge is 0.0920 e. The minimum absolute atomic E-state index is 0.0370. The molecule has 2 atom stereocenters. The van der Waals surface area contributed by atoms with Gasteiger partial charge >= 0.3 is 0 Å². The molecule has 4 nitrogen and oxygen atoms in total. The first-order chi connectivity index (χ1) is 7.30. The van der Waals surface area contributed by atoms with Gasteiger partial charge in [-0.3, -0.25) is 5.41 Å². The Bertz CT molecular complexity index is 253. The third kappa shape index (κ3) is 4.10. The zero-order valence-corrected chi connectivity index (χ0v) is 10.9. The monoisotopic (exact) mass is 227 g/mol. The molecule has 0 aromatic rings. The molecule has 0 aromatic heterocycles. The second kappa shape index (κ2) is 5.15. The minimum Gasteiger partial charge on any atom is -0.388 e. The zero-order chi connectivity index (χ0) is 12.3. The van der Waals surface area contributed by atoms with Gasteiger partial charge in [0.15, 0.2) is 0 Å². The van der Waals surface area contributed by atoms with E-state index >= 15 is 0 Å². The molecule has 4 heteroatoms. The number of hydrogen-bond acceptors (Lipinski definition) is 3. The van der Waals surface area contributed by atoms with Crippen molar-refractivity contribution in [2.45, 2.75) is 57.8 Å². The molecule has 0 saturated carbocycles. The summed E-state index contributed by atoms with van der Waals surface area (Å²) in [6.07, 6.45) is 3.22. The van der Waals surface area contributed by atoms with Gasteiger partial charge in [-0.05, 0) is 40.7 Å². The van der Waals surface area contributed by atoms with E-state index < -0.39 is 0 Å². The topological polar surface area (TPSA) is 62.3 Å². The second-order valence-corrected chi connectivity index (χ2v) is 5.56. The summed E-state index contributed by atoms with van der Waals surface area (Å²) in [5.41, 5.74) is 5.44. The van der Waals surface area contributed by atoms with Crippen molar-refractivity contribution >= 4 is 5.84 Å². The average Bonchev–Trinajstić information content (AvgIpc) is 2.44. The van der Waals surface area contributed by atoms with Gasteiger partial charge in [-0.2, -0.15) is 0 Å². The van der Waals surface area contributed by atoms with Gasteiger partial charge in [0.25, 0.3) is 0 Å². The molecule has 94 valence electrons. The molecule has 1 heterocycles. The van der Waals surface area contributed by atoms with Gasteiger partial charge in [0, 0.05) is 19.0 Å². The molecule has 1 fully saturated rings. The van der Waals surface area contributed by atoms with Crippen molar-refractivity contribution in [1.82, 2.24) is 4.90 Å². The number of nitrogens with zero attached hydrogens (tertiary/aromatic N) is 1. The fourth-order valence-corrected chi connectivity index (χ4v) is 2.18. The number of rotatable bonds is 5. The van der Waals surface area contributed by atoms with Crippen LogP contribution in [0.5, 0.6) is 0 Å². The Morgan fingerprint density at radius 1 is 1.62 bits per heavy atom. The molecular weight excluding hydrogens is 202 g/mol. The SMILES string of the molecule is CC(CC(=N)N)N(C)CC1CCC(C)(C)O1. The van der Waals surface area contributed by atoms with E-state index in [0.29, 0.717) is 18.6 Å². The predicted molar refractivity (Wildman–Crippen MR) is 66.8 cm³/mol. The van der Waals surface area contributed by atoms with Crippen LogP contribution in [0.1, 0.15) is 40.0 Å². The fraction of sp³-hybridized carbons (Fsp3) is 0.917. The lowest BCUT2D eigenvalue weighted by atomic mass is 10.1. The van der Waals surface area contributed by atoms with Gasteiger partial charge in [0.05, 0.1) is 17.5 Å². The highest BCUT2D eigenvalue weighted by atomic mass is 16.5. The zero-order valence-electron chi connectivity index (χ0n) is 10.9. The van der Waals surface area contributed by atoms with Crippen molar-refractivity contribution in [3.8, 4) is 0 Å². The predicted octanol–water partition coefficient (Wildman–Crippen LogP) is 1.59. The lowest BCUT2D eigenvalue weighted by Crippen LogP contribution is -2.38. The Hall–Kier alpha value is -0.610. The maximum absolute atomic E-state index is 7.29. The number of nitrogens with two attached hydrogens (primary N) is 1. The standard InChI is InChI=1S/C12H25N3O/c1-9(7-11(13)14)15(4)8-10-5-6-12(2,3)16-10/h9-10H,5-8H2,1-4H3,(H3,13,14). The summed E-state index contributed by atoms with van der Waals surface area (Å²) in [6.45, 7) is 7.32. The van der Waals surface area contributed by atoms with Gasteiger partial charge in [0.1, 0.15) is 0 Å². The second-order valence-electron chi connectivity index (χ2n) is 5.56. The molecule has 1 aliphatic rings. The summed E-state index contributed by atoms with van der Waals surface area (Å²) < 4.78 is 5.95. The number of nitrogens with one attached hydrogen (secondary N) is 1. The Balaban J connectivity index is 2.34. The van der Waals surface area contributed by atoms with Crippen LogP contribution < -0.4 is 5.73 Å². The molecule has 2 unspecified atom stereocenters. The van der Waals surface area contributed by atoms with E-state index in [9.17, 15) is 0 Å². The maximum Gasteiger partial charge on any atom is 0.0920 e. The summed E-state index contributed by atoms with van der Waals surface area (Å²) in [7, 11) is 2.07. The number of hydrogen-bond donors (Lipinski definition) is 2. The quantitative estimate of drug-likeness (QED) is 0.554. The molecule has 0 bridgehead atoms. The van der Waals surface area contributed by atoms with Gasteiger partial charge in [-0.15, -0.1) is 0 Å².